The first kappa shape index (κ1) is 13.2. The smallest absolute Gasteiger partial charge is 0.356 e. The third-order valence-electron chi connectivity index (χ3n) is 3.63. The second-order valence-electron chi connectivity index (χ2n) is 4.88. The van der Waals surface area contributed by atoms with Crippen LogP contribution in [0, 0.1) is 5.92 Å². The van der Waals surface area contributed by atoms with Gasteiger partial charge in [0.15, 0.2) is 11.5 Å². The quantitative estimate of drug-likeness (QED) is 0.850. The van der Waals surface area contributed by atoms with Crippen LogP contribution < -0.4 is 0 Å². The van der Waals surface area contributed by atoms with Gasteiger partial charge < -0.3 is 5.11 Å². The van der Waals surface area contributed by atoms with Crippen molar-refractivity contribution in [2.45, 2.75) is 45.4 Å². The van der Waals surface area contributed by atoms with Crippen LogP contribution in [0.5, 0.6) is 0 Å². The van der Waals surface area contributed by atoms with Crippen molar-refractivity contribution in [1.82, 2.24) is 4.98 Å². The number of rotatable bonds is 4. The molecule has 1 aromatic rings. The molecule has 1 aliphatic rings. The van der Waals surface area contributed by atoms with Gasteiger partial charge in [-0.1, -0.05) is 13.3 Å². The van der Waals surface area contributed by atoms with Crippen molar-refractivity contribution in [1.29, 1.82) is 0 Å². The summed E-state index contributed by atoms with van der Waals surface area (Å²) in [6, 6.07) is 0. The van der Waals surface area contributed by atoms with Crippen LogP contribution in [0.25, 0.3) is 0 Å². The molecule has 5 heteroatoms. The minimum absolute atomic E-state index is 0.0672. The number of aromatic carboxylic acids is 1. The Morgan fingerprint density at radius 3 is 2.61 bits per heavy atom. The van der Waals surface area contributed by atoms with Crippen molar-refractivity contribution in [2.24, 2.45) is 5.92 Å². The number of thiazole rings is 1. The summed E-state index contributed by atoms with van der Waals surface area (Å²) in [4.78, 5) is 27.0. The van der Waals surface area contributed by atoms with Crippen LogP contribution in [0.2, 0.25) is 0 Å². The van der Waals surface area contributed by atoms with Crippen LogP contribution in [-0.4, -0.2) is 21.8 Å². The number of ketones is 1. The van der Waals surface area contributed by atoms with Crippen LogP contribution in [0.1, 0.15) is 70.6 Å². The van der Waals surface area contributed by atoms with E-state index in [9.17, 15) is 9.59 Å². The van der Waals surface area contributed by atoms with Gasteiger partial charge in [0.2, 0.25) is 0 Å². The topological polar surface area (TPSA) is 67.3 Å². The van der Waals surface area contributed by atoms with Crippen molar-refractivity contribution < 1.29 is 14.7 Å². The van der Waals surface area contributed by atoms with E-state index in [0.717, 1.165) is 24.3 Å². The molecule has 1 aromatic heterocycles. The van der Waals surface area contributed by atoms with Gasteiger partial charge in [0, 0.05) is 12.8 Å². The van der Waals surface area contributed by atoms with E-state index in [1.165, 1.54) is 24.7 Å². The van der Waals surface area contributed by atoms with E-state index >= 15 is 0 Å². The van der Waals surface area contributed by atoms with Crippen LogP contribution in [0.4, 0.5) is 0 Å². The Kier molecular flexibility index (Phi) is 3.80. The molecule has 18 heavy (non-hydrogen) atoms. The summed E-state index contributed by atoms with van der Waals surface area (Å²) in [7, 11) is 0. The molecule has 2 rings (SSSR count). The summed E-state index contributed by atoms with van der Waals surface area (Å²) in [6.45, 7) is 3.58. The molecule has 0 aromatic carbocycles. The fourth-order valence-corrected chi connectivity index (χ4v) is 3.67. The predicted octanol–water partition coefficient (Wildman–Crippen LogP) is 3.34. The summed E-state index contributed by atoms with van der Waals surface area (Å²) in [5.74, 6) is -0.256. The van der Waals surface area contributed by atoms with Gasteiger partial charge in [-0.15, -0.1) is 11.3 Å². The Balaban J connectivity index is 2.27. The van der Waals surface area contributed by atoms with Crippen LogP contribution in [-0.2, 0) is 0 Å². The van der Waals surface area contributed by atoms with Gasteiger partial charge in [-0.05, 0) is 25.2 Å². The normalized spacial score (nSPS) is 23.2. The van der Waals surface area contributed by atoms with Gasteiger partial charge in [0.05, 0.1) is 5.01 Å². The van der Waals surface area contributed by atoms with E-state index in [2.05, 4.69) is 11.9 Å². The number of hydrogen-bond acceptors (Lipinski definition) is 4. The molecule has 0 radical (unpaired) electrons. The fourth-order valence-electron chi connectivity index (χ4n) is 2.56. The number of Topliss-reactive ketones (excluding diaryl/α,β-unsaturated/α-hetero) is 1. The second-order valence-corrected chi connectivity index (χ2v) is 5.91. The lowest BCUT2D eigenvalue weighted by molar-refractivity contribution is 0.0686. The summed E-state index contributed by atoms with van der Waals surface area (Å²) in [5, 5.41) is 9.89. The number of carboxylic acid groups (broad SMARTS) is 1. The highest BCUT2D eigenvalue weighted by Gasteiger charge is 2.30. The van der Waals surface area contributed by atoms with Gasteiger partial charge >= 0.3 is 5.97 Å². The van der Waals surface area contributed by atoms with Gasteiger partial charge in [-0.25, -0.2) is 9.78 Å². The van der Waals surface area contributed by atoms with Crippen molar-refractivity contribution in [3.63, 3.8) is 0 Å². The van der Waals surface area contributed by atoms with Crippen LogP contribution in [0.3, 0.4) is 0 Å². The van der Waals surface area contributed by atoms with E-state index in [1.807, 2.05) is 0 Å². The molecule has 0 bridgehead atoms. The standard InChI is InChI=1S/C13H17NO3S/c1-3-8-4-5-9(6-8)12-14-10(13(16)17)11(18-12)7(2)15/h8-9H,3-6H2,1-2H3,(H,16,17). The molecule has 1 heterocycles. The van der Waals surface area contributed by atoms with Gasteiger partial charge in [0.1, 0.15) is 4.88 Å². The predicted molar refractivity (Wildman–Crippen MR) is 69.5 cm³/mol. The molecule has 1 saturated carbocycles. The summed E-state index contributed by atoms with van der Waals surface area (Å²) in [5.41, 5.74) is -0.0672. The SMILES string of the molecule is CCC1CCC(c2nc(C(=O)O)c(C(C)=O)s2)C1. The summed E-state index contributed by atoms with van der Waals surface area (Å²) in [6.07, 6.45) is 4.47. The number of carbonyl (C=O) groups excluding carboxylic acids is 1. The molecule has 0 aliphatic heterocycles. The molecule has 0 spiro atoms. The molecule has 0 amide bonds. The fraction of sp³-hybridized carbons (Fsp3) is 0.615. The zero-order chi connectivity index (χ0) is 13.3. The van der Waals surface area contributed by atoms with Gasteiger partial charge in [0.25, 0.3) is 0 Å². The Hall–Kier alpha value is -1.23. The van der Waals surface area contributed by atoms with E-state index < -0.39 is 5.97 Å². The zero-order valence-electron chi connectivity index (χ0n) is 10.6. The molecule has 1 N–H and O–H groups in total. The lowest BCUT2D eigenvalue weighted by atomic mass is 10.0. The number of hydrogen-bond donors (Lipinski definition) is 1. The lowest BCUT2D eigenvalue weighted by Crippen LogP contribution is -2.04. The minimum Gasteiger partial charge on any atom is -0.476 e. The maximum atomic E-state index is 11.4. The first-order valence-corrected chi connectivity index (χ1v) is 7.09. The maximum Gasteiger partial charge on any atom is 0.356 e. The number of aromatic nitrogens is 1. The first-order chi connectivity index (χ1) is 8.52. The Bertz CT molecular complexity index is 449. The van der Waals surface area contributed by atoms with Crippen molar-refractivity contribution in [3.8, 4) is 0 Å². The lowest BCUT2D eigenvalue weighted by Gasteiger charge is -2.05. The van der Waals surface area contributed by atoms with Crippen molar-refractivity contribution >= 4 is 23.1 Å². The van der Waals surface area contributed by atoms with Crippen LogP contribution >= 0.6 is 11.3 Å². The molecule has 1 aliphatic carbocycles. The summed E-state index contributed by atoms with van der Waals surface area (Å²) >= 11 is 1.26. The average molecular weight is 267 g/mol. The van der Waals surface area contributed by atoms with Gasteiger partial charge in [-0.3, -0.25) is 4.79 Å². The molecule has 1 fully saturated rings. The van der Waals surface area contributed by atoms with E-state index in [-0.39, 0.29) is 16.4 Å². The van der Waals surface area contributed by atoms with E-state index in [0.29, 0.717) is 11.8 Å². The second kappa shape index (κ2) is 5.18. The molecule has 2 unspecified atom stereocenters. The third kappa shape index (κ3) is 2.46. The van der Waals surface area contributed by atoms with E-state index in [4.69, 9.17) is 5.11 Å². The van der Waals surface area contributed by atoms with Crippen LogP contribution in [0.15, 0.2) is 0 Å². The monoisotopic (exact) mass is 267 g/mol. The van der Waals surface area contributed by atoms with Crippen molar-refractivity contribution in [2.75, 3.05) is 0 Å². The molecular formula is C13H17NO3S. The van der Waals surface area contributed by atoms with E-state index in [1.54, 1.807) is 0 Å². The number of nitrogens with zero attached hydrogens (tertiary/aromatic N) is 1. The molecule has 98 valence electrons. The molecule has 0 saturated heterocycles. The summed E-state index contributed by atoms with van der Waals surface area (Å²) < 4.78 is 0. The molecule has 4 nitrogen and oxygen atoms in total. The van der Waals surface area contributed by atoms with Gasteiger partial charge in [-0.2, -0.15) is 0 Å². The average Bonchev–Trinajstić information content (AvgIpc) is 2.95. The minimum atomic E-state index is -1.10. The first-order valence-electron chi connectivity index (χ1n) is 6.27. The number of carbonyl (C=O) groups is 2. The Morgan fingerprint density at radius 2 is 2.17 bits per heavy atom. The van der Waals surface area contributed by atoms with Crippen molar-refractivity contribution in [3.05, 3.63) is 15.6 Å². The largest absolute Gasteiger partial charge is 0.476 e. The Labute approximate surface area is 110 Å². The highest BCUT2D eigenvalue weighted by molar-refractivity contribution is 7.14. The highest BCUT2D eigenvalue weighted by Crippen LogP contribution is 2.41. The maximum absolute atomic E-state index is 11.4. The molecular weight excluding hydrogens is 250 g/mol. The third-order valence-corrected chi connectivity index (χ3v) is 4.95. The highest BCUT2D eigenvalue weighted by atomic mass is 32.1. The number of carboxylic acids is 1. The Morgan fingerprint density at radius 1 is 1.44 bits per heavy atom. The molecule has 2 atom stereocenters. The zero-order valence-corrected chi connectivity index (χ0v) is 11.4.